The van der Waals surface area contributed by atoms with Gasteiger partial charge in [-0.1, -0.05) is 6.92 Å². The number of carbonyl (C=O) groups is 1. The molecule has 3 atom stereocenters. The van der Waals surface area contributed by atoms with Gasteiger partial charge in [0.1, 0.15) is 23.1 Å². The molecule has 7 nitrogen and oxygen atoms in total. The van der Waals surface area contributed by atoms with Gasteiger partial charge in [-0.05, 0) is 55.4 Å². The number of aromatic nitrogens is 3. The molecule has 0 bridgehead atoms. The number of hydrogen-bond donors (Lipinski definition) is 1. The standard InChI is InChI=1S/C23H24F2N6O/c1-14-4-7-29(13-14)22(32)27-19-12-26-31-9-6-20(28-21(19)31)30-8-5-15-11-23(15,30)17-10-16(24)2-3-18(17)25/h2-3,6,9-10,12,14-15H,4-5,7-8,11,13H2,1H3,(H,27,32)/t14-,15-,23+/m0/s1. The Labute approximate surface area is 184 Å². The molecule has 2 saturated heterocycles. The molecular formula is C23H24F2N6O. The molecule has 1 saturated carbocycles. The van der Waals surface area contributed by atoms with Crippen LogP contribution in [0.25, 0.3) is 5.65 Å². The third-order valence-electron chi connectivity index (χ3n) is 7.23. The Morgan fingerprint density at radius 2 is 2.09 bits per heavy atom. The number of nitrogens with one attached hydrogen (secondary N) is 1. The average molecular weight is 438 g/mol. The van der Waals surface area contributed by atoms with E-state index >= 15 is 0 Å². The maximum absolute atomic E-state index is 14.7. The Balaban J connectivity index is 1.33. The minimum atomic E-state index is -0.563. The van der Waals surface area contributed by atoms with E-state index in [4.69, 9.17) is 4.98 Å². The van der Waals surface area contributed by atoms with Crippen LogP contribution in [0.1, 0.15) is 31.7 Å². The number of hydrogen-bond acceptors (Lipinski definition) is 4. The number of urea groups is 1. The largest absolute Gasteiger partial charge is 0.346 e. The molecule has 2 aromatic heterocycles. The number of nitrogens with zero attached hydrogens (tertiary/aromatic N) is 5. The quantitative estimate of drug-likeness (QED) is 0.671. The number of rotatable bonds is 3. The van der Waals surface area contributed by atoms with E-state index in [0.717, 1.165) is 38.4 Å². The summed E-state index contributed by atoms with van der Waals surface area (Å²) >= 11 is 0. The van der Waals surface area contributed by atoms with Crippen LogP contribution in [0.3, 0.4) is 0 Å². The van der Waals surface area contributed by atoms with Crippen LogP contribution in [0.4, 0.5) is 25.1 Å². The van der Waals surface area contributed by atoms with E-state index in [9.17, 15) is 13.6 Å². The second kappa shape index (κ2) is 6.88. The highest BCUT2D eigenvalue weighted by molar-refractivity contribution is 5.93. The summed E-state index contributed by atoms with van der Waals surface area (Å²) in [5, 5.41) is 7.24. The van der Waals surface area contributed by atoms with Crippen LogP contribution in [-0.2, 0) is 5.54 Å². The molecule has 2 aliphatic heterocycles. The lowest BCUT2D eigenvalue weighted by Crippen LogP contribution is -2.34. The van der Waals surface area contributed by atoms with Crippen molar-refractivity contribution in [1.29, 1.82) is 0 Å². The van der Waals surface area contributed by atoms with Crippen LogP contribution in [0, 0.1) is 23.5 Å². The Bertz CT molecular complexity index is 1230. The first-order chi connectivity index (χ1) is 15.5. The molecule has 6 rings (SSSR count). The fourth-order valence-electron chi connectivity index (χ4n) is 5.51. The number of halogens is 2. The molecule has 1 aliphatic carbocycles. The van der Waals surface area contributed by atoms with Gasteiger partial charge < -0.3 is 15.1 Å². The van der Waals surface area contributed by atoms with Crippen molar-refractivity contribution in [2.75, 3.05) is 29.9 Å². The molecule has 3 fully saturated rings. The first kappa shape index (κ1) is 19.5. The minimum Gasteiger partial charge on any atom is -0.346 e. The van der Waals surface area contributed by atoms with Crippen molar-refractivity contribution in [1.82, 2.24) is 19.5 Å². The smallest absolute Gasteiger partial charge is 0.321 e. The average Bonchev–Trinajstić information content (AvgIpc) is 3.10. The topological polar surface area (TPSA) is 65.8 Å². The second-order valence-electron chi connectivity index (χ2n) is 9.27. The fourth-order valence-corrected chi connectivity index (χ4v) is 5.51. The summed E-state index contributed by atoms with van der Waals surface area (Å²) in [7, 11) is 0. The first-order valence-corrected chi connectivity index (χ1v) is 11.1. The Morgan fingerprint density at radius 3 is 2.88 bits per heavy atom. The lowest BCUT2D eigenvalue weighted by atomic mass is 10.0. The highest BCUT2D eigenvalue weighted by Gasteiger charge is 2.64. The van der Waals surface area contributed by atoms with Gasteiger partial charge in [0.15, 0.2) is 5.65 Å². The van der Waals surface area contributed by atoms with Gasteiger partial charge in [-0.2, -0.15) is 5.10 Å². The van der Waals surface area contributed by atoms with Crippen molar-refractivity contribution in [2.45, 2.75) is 31.7 Å². The van der Waals surface area contributed by atoms with Gasteiger partial charge in [0.25, 0.3) is 0 Å². The van der Waals surface area contributed by atoms with Crippen molar-refractivity contribution >= 4 is 23.2 Å². The van der Waals surface area contributed by atoms with Crippen molar-refractivity contribution in [3.05, 3.63) is 53.9 Å². The van der Waals surface area contributed by atoms with Crippen LogP contribution < -0.4 is 10.2 Å². The predicted octanol–water partition coefficient (Wildman–Crippen LogP) is 4.01. The zero-order valence-electron chi connectivity index (χ0n) is 17.8. The van der Waals surface area contributed by atoms with Gasteiger partial charge in [0.05, 0.1) is 11.7 Å². The number of piperidine rings is 1. The predicted molar refractivity (Wildman–Crippen MR) is 115 cm³/mol. The molecule has 1 aromatic carbocycles. The van der Waals surface area contributed by atoms with E-state index in [1.165, 1.54) is 12.1 Å². The summed E-state index contributed by atoms with van der Waals surface area (Å²) in [6.45, 7) is 4.32. The zero-order valence-corrected chi connectivity index (χ0v) is 17.8. The molecule has 4 heterocycles. The van der Waals surface area contributed by atoms with Gasteiger partial charge in [0.2, 0.25) is 0 Å². The maximum Gasteiger partial charge on any atom is 0.321 e. The molecule has 9 heteroatoms. The van der Waals surface area contributed by atoms with Crippen LogP contribution in [-0.4, -0.2) is 45.2 Å². The third-order valence-corrected chi connectivity index (χ3v) is 7.23. The van der Waals surface area contributed by atoms with Crippen LogP contribution >= 0.6 is 0 Å². The van der Waals surface area contributed by atoms with E-state index in [2.05, 4.69) is 22.2 Å². The number of anilines is 2. The van der Waals surface area contributed by atoms with Crippen molar-refractivity contribution in [2.24, 2.45) is 11.8 Å². The van der Waals surface area contributed by atoms with E-state index in [-0.39, 0.29) is 17.8 Å². The van der Waals surface area contributed by atoms with E-state index < -0.39 is 11.4 Å². The SMILES string of the molecule is C[C@H]1CCN(C(=O)Nc2cnn3ccc(N4CC[C@H]5C[C@]54c4cc(F)ccc4F)nc23)C1. The summed E-state index contributed by atoms with van der Waals surface area (Å²) in [6, 6.07) is 5.35. The van der Waals surface area contributed by atoms with Gasteiger partial charge in [-0.3, -0.25) is 0 Å². The number of carbonyl (C=O) groups excluding carboxylic acids is 1. The second-order valence-corrected chi connectivity index (χ2v) is 9.27. The van der Waals surface area contributed by atoms with Gasteiger partial charge >= 0.3 is 6.03 Å². The van der Waals surface area contributed by atoms with E-state index in [0.29, 0.717) is 35.2 Å². The first-order valence-electron chi connectivity index (χ1n) is 11.1. The lowest BCUT2D eigenvalue weighted by molar-refractivity contribution is 0.221. The van der Waals surface area contributed by atoms with Crippen LogP contribution in [0.15, 0.2) is 36.7 Å². The van der Waals surface area contributed by atoms with Crippen molar-refractivity contribution in [3.8, 4) is 0 Å². The molecule has 166 valence electrons. The Kier molecular flexibility index (Phi) is 4.18. The molecule has 2 amide bonds. The molecule has 32 heavy (non-hydrogen) atoms. The van der Waals surface area contributed by atoms with Gasteiger partial charge in [-0.15, -0.1) is 0 Å². The van der Waals surface area contributed by atoms with Gasteiger partial charge in [0, 0.05) is 31.4 Å². The summed E-state index contributed by atoms with van der Waals surface area (Å²) < 4.78 is 30.3. The normalized spacial score (nSPS) is 26.6. The highest BCUT2D eigenvalue weighted by Crippen LogP contribution is 2.63. The van der Waals surface area contributed by atoms with Crippen LogP contribution in [0.5, 0.6) is 0 Å². The van der Waals surface area contributed by atoms with Crippen molar-refractivity contribution < 1.29 is 13.6 Å². The van der Waals surface area contributed by atoms with Gasteiger partial charge in [-0.25, -0.2) is 23.1 Å². The number of amides is 2. The molecule has 3 aliphatic rings. The molecule has 0 spiro atoms. The fraction of sp³-hybridized carbons (Fsp3) is 0.435. The highest BCUT2D eigenvalue weighted by atomic mass is 19.1. The number of benzene rings is 1. The third kappa shape index (κ3) is 2.87. The molecular weight excluding hydrogens is 414 g/mol. The van der Waals surface area contributed by atoms with E-state index in [1.807, 2.05) is 6.07 Å². The Hall–Kier alpha value is -3.23. The summed E-state index contributed by atoms with van der Waals surface area (Å²) in [4.78, 5) is 21.3. The monoisotopic (exact) mass is 438 g/mol. The summed E-state index contributed by atoms with van der Waals surface area (Å²) in [6.07, 6.45) is 6.06. The summed E-state index contributed by atoms with van der Waals surface area (Å²) in [5.41, 5.74) is 0.898. The molecule has 0 unspecified atom stereocenters. The summed E-state index contributed by atoms with van der Waals surface area (Å²) in [5.74, 6) is 0.619. The molecule has 0 radical (unpaired) electrons. The lowest BCUT2D eigenvalue weighted by Gasteiger charge is -2.30. The van der Waals surface area contributed by atoms with E-state index in [1.54, 1.807) is 21.8 Å². The Morgan fingerprint density at radius 1 is 1.22 bits per heavy atom. The number of likely N-dealkylation sites (tertiary alicyclic amines) is 1. The zero-order chi connectivity index (χ0) is 22.0. The van der Waals surface area contributed by atoms with Crippen molar-refractivity contribution in [3.63, 3.8) is 0 Å². The molecule has 1 N–H and O–H groups in total. The number of fused-ring (bicyclic) bond motifs is 2. The van der Waals surface area contributed by atoms with Crippen LogP contribution in [0.2, 0.25) is 0 Å². The maximum atomic E-state index is 14.7. The molecule has 3 aromatic rings. The minimum absolute atomic E-state index is 0.154.